The van der Waals surface area contributed by atoms with Gasteiger partial charge in [0.15, 0.2) is 0 Å². The van der Waals surface area contributed by atoms with Crippen LogP contribution in [0.2, 0.25) is 0 Å². The SMILES string of the molecule is Nc1ccc(/C=C/c2ccc([N+](=O)[O-])cc2S(=O)(=O)O)c(S(=O)(=O)O)c1.[Na]. The Morgan fingerprint density at radius 1 is 0.889 bits per heavy atom. The van der Waals surface area contributed by atoms with Crippen molar-refractivity contribution < 1.29 is 30.9 Å². The summed E-state index contributed by atoms with van der Waals surface area (Å²) in [5.74, 6) is 0. The molecule has 139 valence electrons. The Kier molecular flexibility index (Phi) is 7.30. The number of nitrogens with two attached hydrogens (primary N) is 1. The van der Waals surface area contributed by atoms with E-state index < -0.39 is 40.6 Å². The predicted molar refractivity (Wildman–Crippen MR) is 98.3 cm³/mol. The maximum Gasteiger partial charge on any atom is 0.295 e. The third kappa shape index (κ3) is 5.84. The molecule has 0 aromatic heterocycles. The molecule has 0 fully saturated rings. The molecule has 13 heteroatoms. The average molecular weight is 423 g/mol. The molecule has 0 amide bonds. The molecule has 0 atom stereocenters. The molecule has 2 aromatic carbocycles. The predicted octanol–water partition coefficient (Wildman–Crippen LogP) is 1.46. The van der Waals surface area contributed by atoms with Gasteiger partial charge < -0.3 is 5.73 Å². The van der Waals surface area contributed by atoms with Crippen LogP contribution in [0, 0.1) is 10.1 Å². The third-order valence-electron chi connectivity index (χ3n) is 3.24. The zero-order valence-electron chi connectivity index (χ0n) is 13.8. The average Bonchev–Trinajstić information content (AvgIpc) is 2.51. The van der Waals surface area contributed by atoms with Crippen LogP contribution in [-0.4, -0.2) is 60.4 Å². The molecule has 0 saturated heterocycles. The first-order valence-corrected chi connectivity index (χ1v) is 9.58. The number of hydrogen-bond acceptors (Lipinski definition) is 7. The first kappa shape index (κ1) is 23.2. The van der Waals surface area contributed by atoms with Crippen LogP contribution in [0.1, 0.15) is 11.1 Å². The van der Waals surface area contributed by atoms with Crippen molar-refractivity contribution in [1.82, 2.24) is 0 Å². The molecule has 0 bridgehead atoms. The van der Waals surface area contributed by atoms with E-state index in [0.717, 1.165) is 30.4 Å². The summed E-state index contributed by atoms with van der Waals surface area (Å²) in [6.07, 6.45) is 2.27. The second kappa shape index (κ2) is 8.48. The topological polar surface area (TPSA) is 178 Å². The Labute approximate surface area is 176 Å². The second-order valence-electron chi connectivity index (χ2n) is 5.06. The molecule has 4 N–H and O–H groups in total. The van der Waals surface area contributed by atoms with Crippen LogP contribution >= 0.6 is 0 Å². The molecule has 0 unspecified atom stereocenters. The van der Waals surface area contributed by atoms with E-state index >= 15 is 0 Å². The molecular formula is C14H12N2NaO8S2. The Hall–Kier alpha value is -1.80. The minimum atomic E-state index is -4.78. The summed E-state index contributed by atoms with van der Waals surface area (Å²) in [5, 5.41) is 10.8. The molecule has 10 nitrogen and oxygen atoms in total. The number of benzene rings is 2. The Morgan fingerprint density at radius 3 is 1.78 bits per heavy atom. The van der Waals surface area contributed by atoms with E-state index in [2.05, 4.69) is 0 Å². The van der Waals surface area contributed by atoms with Gasteiger partial charge in [0.2, 0.25) is 0 Å². The van der Waals surface area contributed by atoms with Crippen molar-refractivity contribution in [1.29, 1.82) is 0 Å². The van der Waals surface area contributed by atoms with Crippen molar-refractivity contribution in [3.05, 3.63) is 57.6 Å². The largest absolute Gasteiger partial charge is 0.399 e. The molecule has 0 saturated carbocycles. The van der Waals surface area contributed by atoms with E-state index in [0.29, 0.717) is 6.07 Å². The molecular weight excluding hydrogens is 411 g/mol. The summed E-state index contributed by atoms with van der Waals surface area (Å²) < 4.78 is 64.3. The van der Waals surface area contributed by atoms with Gasteiger partial charge in [0.05, 0.1) is 4.92 Å². The van der Waals surface area contributed by atoms with Crippen molar-refractivity contribution in [3.8, 4) is 0 Å². The minimum absolute atomic E-state index is 0. The van der Waals surface area contributed by atoms with Crippen molar-refractivity contribution in [3.63, 3.8) is 0 Å². The molecule has 0 aliphatic carbocycles. The zero-order chi connectivity index (χ0) is 19.7. The fourth-order valence-corrected chi connectivity index (χ4v) is 3.51. The van der Waals surface area contributed by atoms with Crippen LogP contribution in [-0.2, 0) is 20.2 Å². The van der Waals surface area contributed by atoms with Gasteiger partial charge in [0.1, 0.15) is 9.79 Å². The van der Waals surface area contributed by atoms with Gasteiger partial charge in [-0.05, 0) is 29.3 Å². The van der Waals surface area contributed by atoms with Crippen LogP contribution < -0.4 is 5.73 Å². The Balaban J connectivity index is 0.00000364. The quantitative estimate of drug-likeness (QED) is 0.160. The smallest absolute Gasteiger partial charge is 0.295 e. The van der Waals surface area contributed by atoms with Crippen LogP contribution in [0.25, 0.3) is 12.2 Å². The third-order valence-corrected chi connectivity index (χ3v) is 5.06. The van der Waals surface area contributed by atoms with Gasteiger partial charge in [-0.1, -0.05) is 18.2 Å². The molecule has 27 heavy (non-hydrogen) atoms. The second-order valence-corrected chi connectivity index (χ2v) is 7.84. The number of non-ortho nitro benzene ring substituents is 1. The maximum atomic E-state index is 11.5. The van der Waals surface area contributed by atoms with E-state index in [4.69, 9.17) is 5.73 Å². The number of nitro groups is 1. The molecule has 2 aromatic rings. The van der Waals surface area contributed by atoms with Crippen LogP contribution in [0.4, 0.5) is 11.4 Å². The Morgan fingerprint density at radius 2 is 1.33 bits per heavy atom. The molecule has 2 rings (SSSR count). The monoisotopic (exact) mass is 423 g/mol. The van der Waals surface area contributed by atoms with Gasteiger partial charge in [-0.2, -0.15) is 16.8 Å². The van der Waals surface area contributed by atoms with Crippen molar-refractivity contribution in [2.45, 2.75) is 9.79 Å². The van der Waals surface area contributed by atoms with Crippen molar-refractivity contribution >= 4 is 73.3 Å². The standard InChI is InChI=1S/C14H12N2O8S2.Na/c15-11-5-3-9(13(7-11)25(19,20)21)1-2-10-4-6-12(16(17)18)8-14(10)26(22,23)24;/h1-8H,15H2,(H,19,20,21)(H,22,23,24);/b2-1+;. The normalized spacial score (nSPS) is 11.9. The fraction of sp³-hybridized carbons (Fsp3) is 0. The van der Waals surface area contributed by atoms with Gasteiger partial charge in [-0.3, -0.25) is 19.2 Å². The van der Waals surface area contributed by atoms with Crippen LogP contribution in [0.3, 0.4) is 0 Å². The van der Waals surface area contributed by atoms with Crippen LogP contribution in [0.5, 0.6) is 0 Å². The van der Waals surface area contributed by atoms with Gasteiger partial charge in [-0.25, -0.2) is 0 Å². The number of anilines is 1. The summed E-state index contributed by atoms with van der Waals surface area (Å²) in [7, 11) is -9.39. The van der Waals surface area contributed by atoms with E-state index in [1.165, 1.54) is 12.1 Å². The summed E-state index contributed by atoms with van der Waals surface area (Å²) >= 11 is 0. The van der Waals surface area contributed by atoms with E-state index in [1.54, 1.807) is 0 Å². The molecule has 0 heterocycles. The van der Waals surface area contributed by atoms with Gasteiger partial charge >= 0.3 is 0 Å². The number of rotatable bonds is 5. The van der Waals surface area contributed by atoms with Crippen molar-refractivity contribution in [2.24, 2.45) is 0 Å². The zero-order valence-corrected chi connectivity index (χ0v) is 17.4. The minimum Gasteiger partial charge on any atom is -0.399 e. The number of hydrogen-bond donors (Lipinski definition) is 3. The van der Waals surface area contributed by atoms with E-state index in [9.17, 15) is 36.1 Å². The summed E-state index contributed by atoms with van der Waals surface area (Å²) in [4.78, 5) is 8.69. The Bertz CT molecular complexity index is 1130. The molecule has 0 aliphatic heterocycles. The fourth-order valence-electron chi connectivity index (χ4n) is 2.09. The van der Waals surface area contributed by atoms with Gasteiger partial charge in [0.25, 0.3) is 25.9 Å². The van der Waals surface area contributed by atoms with Gasteiger partial charge in [0, 0.05) is 47.4 Å². The number of nitrogens with zero attached hydrogens (tertiary/aromatic N) is 1. The van der Waals surface area contributed by atoms with Gasteiger partial charge in [-0.15, -0.1) is 0 Å². The molecule has 0 aliphatic rings. The summed E-state index contributed by atoms with van der Waals surface area (Å²) in [6, 6.07) is 6.39. The molecule has 1 radical (unpaired) electrons. The first-order chi connectivity index (χ1) is 11.9. The summed E-state index contributed by atoms with van der Waals surface area (Å²) in [5.41, 5.74) is 4.86. The van der Waals surface area contributed by atoms with E-state index in [1.807, 2.05) is 0 Å². The maximum absolute atomic E-state index is 11.5. The summed E-state index contributed by atoms with van der Waals surface area (Å²) in [6.45, 7) is 0. The number of nitro benzene ring substituents is 1. The first-order valence-electron chi connectivity index (χ1n) is 6.70. The van der Waals surface area contributed by atoms with E-state index in [-0.39, 0.29) is 46.4 Å². The molecule has 0 spiro atoms. The van der Waals surface area contributed by atoms with Crippen molar-refractivity contribution in [2.75, 3.05) is 5.73 Å². The number of nitrogen functional groups attached to an aromatic ring is 1. The van der Waals surface area contributed by atoms with Crippen LogP contribution in [0.15, 0.2) is 46.2 Å².